The van der Waals surface area contributed by atoms with Crippen molar-refractivity contribution in [2.75, 3.05) is 6.54 Å². The molecule has 0 amide bonds. The molecule has 3 N–H and O–H groups in total. The Hall–Kier alpha value is -0.0800. The van der Waals surface area contributed by atoms with Crippen molar-refractivity contribution in [2.24, 2.45) is 5.73 Å². The number of nitrogens with two attached hydrogens (primary N) is 1. The third-order valence-electron chi connectivity index (χ3n) is 3.51. The molecule has 0 unspecified atom stereocenters. The van der Waals surface area contributed by atoms with Crippen molar-refractivity contribution < 1.29 is 0 Å². The molecule has 15 heavy (non-hydrogen) atoms. The van der Waals surface area contributed by atoms with E-state index in [-0.39, 0.29) is 5.54 Å². The molecule has 1 aliphatic carbocycles. The minimum absolute atomic E-state index is 0.00481. The second-order valence-corrected chi connectivity index (χ2v) is 6.14. The molecule has 2 nitrogen and oxygen atoms in total. The Morgan fingerprint density at radius 2 is 1.80 bits per heavy atom. The smallest absolute Gasteiger partial charge is 0.0153 e. The first-order valence-corrected chi connectivity index (χ1v) is 6.45. The van der Waals surface area contributed by atoms with E-state index in [0.29, 0.717) is 5.54 Å². The highest BCUT2D eigenvalue weighted by molar-refractivity contribution is 4.86. The number of rotatable bonds is 5. The van der Waals surface area contributed by atoms with Crippen LogP contribution < -0.4 is 11.1 Å². The van der Waals surface area contributed by atoms with Gasteiger partial charge in [-0.1, -0.05) is 19.3 Å². The molecule has 0 aromatic rings. The standard InChI is InChI=1S/C13H28N2/c1-12(2,14)8-7-11-15-13(3)9-5-4-6-10-13/h15H,4-11,14H2,1-3H3. The lowest BCUT2D eigenvalue weighted by atomic mass is 9.83. The fraction of sp³-hybridized carbons (Fsp3) is 1.00. The predicted molar refractivity (Wildman–Crippen MR) is 67.0 cm³/mol. The summed E-state index contributed by atoms with van der Waals surface area (Å²) in [6.45, 7) is 7.71. The fourth-order valence-corrected chi connectivity index (χ4v) is 2.44. The van der Waals surface area contributed by atoms with E-state index in [4.69, 9.17) is 5.73 Å². The van der Waals surface area contributed by atoms with Gasteiger partial charge < -0.3 is 11.1 Å². The van der Waals surface area contributed by atoms with E-state index in [1.165, 1.54) is 38.5 Å². The molecule has 0 saturated heterocycles. The average Bonchev–Trinajstić information content (AvgIpc) is 2.12. The minimum atomic E-state index is -0.00481. The Bertz CT molecular complexity index is 175. The third-order valence-corrected chi connectivity index (χ3v) is 3.51. The number of hydrogen-bond donors (Lipinski definition) is 2. The summed E-state index contributed by atoms with van der Waals surface area (Å²) in [4.78, 5) is 0. The predicted octanol–water partition coefficient (Wildman–Crippen LogP) is 2.82. The second kappa shape index (κ2) is 5.31. The highest BCUT2D eigenvalue weighted by atomic mass is 15.0. The summed E-state index contributed by atoms with van der Waals surface area (Å²) in [5.41, 5.74) is 6.37. The molecular formula is C13H28N2. The van der Waals surface area contributed by atoms with E-state index in [1.807, 2.05) is 0 Å². The Kier molecular flexibility index (Phi) is 4.60. The summed E-state index contributed by atoms with van der Waals surface area (Å²) in [6.07, 6.45) is 9.21. The lowest BCUT2D eigenvalue weighted by Crippen LogP contribution is -2.44. The summed E-state index contributed by atoms with van der Waals surface area (Å²) in [6, 6.07) is 0. The SMILES string of the molecule is CC(C)(N)CCCNC1(C)CCCCC1. The average molecular weight is 212 g/mol. The molecule has 0 radical (unpaired) electrons. The van der Waals surface area contributed by atoms with E-state index in [0.717, 1.165) is 13.0 Å². The van der Waals surface area contributed by atoms with Crippen LogP contribution in [0.15, 0.2) is 0 Å². The van der Waals surface area contributed by atoms with Crippen LogP contribution in [0, 0.1) is 0 Å². The molecule has 1 saturated carbocycles. The quantitative estimate of drug-likeness (QED) is 0.688. The van der Waals surface area contributed by atoms with Crippen molar-refractivity contribution in [2.45, 2.75) is 76.8 Å². The van der Waals surface area contributed by atoms with Crippen molar-refractivity contribution >= 4 is 0 Å². The van der Waals surface area contributed by atoms with E-state index in [9.17, 15) is 0 Å². The Morgan fingerprint density at radius 3 is 2.33 bits per heavy atom. The van der Waals surface area contributed by atoms with Crippen LogP contribution in [0.25, 0.3) is 0 Å². The van der Waals surface area contributed by atoms with Crippen LogP contribution in [-0.4, -0.2) is 17.6 Å². The van der Waals surface area contributed by atoms with Crippen LogP contribution >= 0.6 is 0 Å². The first-order chi connectivity index (χ1) is 6.91. The summed E-state index contributed by atoms with van der Waals surface area (Å²) in [5.74, 6) is 0. The maximum absolute atomic E-state index is 5.96. The third kappa shape index (κ3) is 5.53. The van der Waals surface area contributed by atoms with Gasteiger partial charge in [-0.3, -0.25) is 0 Å². The van der Waals surface area contributed by atoms with Gasteiger partial charge in [-0.15, -0.1) is 0 Å². The first kappa shape index (κ1) is 13.0. The second-order valence-electron chi connectivity index (χ2n) is 6.14. The van der Waals surface area contributed by atoms with Crippen molar-refractivity contribution in [3.05, 3.63) is 0 Å². The molecule has 2 heteroatoms. The largest absolute Gasteiger partial charge is 0.326 e. The van der Waals surface area contributed by atoms with Crippen molar-refractivity contribution in [3.8, 4) is 0 Å². The lowest BCUT2D eigenvalue weighted by Gasteiger charge is -2.35. The van der Waals surface area contributed by atoms with Crippen molar-refractivity contribution in [1.29, 1.82) is 0 Å². The summed E-state index contributed by atoms with van der Waals surface area (Å²) >= 11 is 0. The first-order valence-electron chi connectivity index (χ1n) is 6.45. The van der Waals surface area contributed by atoms with E-state index >= 15 is 0 Å². The molecule has 90 valence electrons. The molecule has 1 fully saturated rings. The van der Waals surface area contributed by atoms with Gasteiger partial charge >= 0.3 is 0 Å². The maximum atomic E-state index is 5.96. The summed E-state index contributed by atoms with van der Waals surface area (Å²) < 4.78 is 0. The summed E-state index contributed by atoms with van der Waals surface area (Å²) in [5, 5.41) is 3.72. The zero-order valence-electron chi connectivity index (χ0n) is 10.7. The van der Waals surface area contributed by atoms with Crippen molar-refractivity contribution in [1.82, 2.24) is 5.32 Å². The molecule has 0 aromatic heterocycles. The van der Waals surface area contributed by atoms with E-state index in [2.05, 4.69) is 26.1 Å². The molecule has 0 bridgehead atoms. The molecular weight excluding hydrogens is 184 g/mol. The Labute approximate surface area is 95.0 Å². The lowest BCUT2D eigenvalue weighted by molar-refractivity contribution is 0.250. The monoisotopic (exact) mass is 212 g/mol. The van der Waals surface area contributed by atoms with Gasteiger partial charge in [0, 0.05) is 11.1 Å². The Balaban J connectivity index is 2.13. The van der Waals surface area contributed by atoms with Crippen LogP contribution in [0.3, 0.4) is 0 Å². The molecule has 1 aliphatic rings. The van der Waals surface area contributed by atoms with Gasteiger partial charge in [-0.2, -0.15) is 0 Å². The molecule has 1 rings (SSSR count). The minimum Gasteiger partial charge on any atom is -0.326 e. The van der Waals surface area contributed by atoms with Gasteiger partial charge in [0.05, 0.1) is 0 Å². The van der Waals surface area contributed by atoms with E-state index in [1.54, 1.807) is 0 Å². The van der Waals surface area contributed by atoms with Crippen LogP contribution in [0.4, 0.5) is 0 Å². The number of hydrogen-bond acceptors (Lipinski definition) is 2. The van der Waals surface area contributed by atoms with Gasteiger partial charge in [0.25, 0.3) is 0 Å². The molecule has 0 heterocycles. The molecule has 0 aromatic carbocycles. The molecule has 0 atom stereocenters. The molecule has 0 aliphatic heterocycles. The zero-order chi connectivity index (χ0) is 11.4. The van der Waals surface area contributed by atoms with Gasteiger partial charge in [-0.25, -0.2) is 0 Å². The topological polar surface area (TPSA) is 38.0 Å². The molecule has 0 spiro atoms. The van der Waals surface area contributed by atoms with Gasteiger partial charge in [0.1, 0.15) is 0 Å². The van der Waals surface area contributed by atoms with Gasteiger partial charge in [0.15, 0.2) is 0 Å². The van der Waals surface area contributed by atoms with Crippen molar-refractivity contribution in [3.63, 3.8) is 0 Å². The van der Waals surface area contributed by atoms with Gasteiger partial charge in [0.2, 0.25) is 0 Å². The normalized spacial score (nSPS) is 21.6. The highest BCUT2D eigenvalue weighted by Gasteiger charge is 2.25. The van der Waals surface area contributed by atoms with Crippen LogP contribution in [0.5, 0.6) is 0 Å². The van der Waals surface area contributed by atoms with Crippen LogP contribution in [-0.2, 0) is 0 Å². The Morgan fingerprint density at radius 1 is 1.20 bits per heavy atom. The highest BCUT2D eigenvalue weighted by Crippen LogP contribution is 2.27. The summed E-state index contributed by atoms with van der Waals surface area (Å²) in [7, 11) is 0. The number of nitrogens with one attached hydrogen (secondary N) is 1. The van der Waals surface area contributed by atoms with Crippen LogP contribution in [0.1, 0.15) is 65.7 Å². The van der Waals surface area contributed by atoms with E-state index < -0.39 is 0 Å². The zero-order valence-corrected chi connectivity index (χ0v) is 10.7. The van der Waals surface area contributed by atoms with Gasteiger partial charge in [-0.05, 0) is 53.0 Å². The fourth-order valence-electron chi connectivity index (χ4n) is 2.44. The maximum Gasteiger partial charge on any atom is 0.0153 e. The van der Waals surface area contributed by atoms with Crippen LogP contribution in [0.2, 0.25) is 0 Å².